The molecule has 4 N–H and O–H groups in total. The molecule has 0 saturated heterocycles. The third-order valence-corrected chi connectivity index (χ3v) is 3.03. The number of hydrogen-bond acceptors (Lipinski definition) is 4. The lowest BCUT2D eigenvalue weighted by Gasteiger charge is -2.26. The van der Waals surface area contributed by atoms with E-state index in [0.29, 0.717) is 11.4 Å². The highest BCUT2D eigenvalue weighted by Crippen LogP contribution is 2.23. The topological polar surface area (TPSA) is 91.2 Å². The van der Waals surface area contributed by atoms with E-state index in [1.54, 1.807) is 18.3 Å². The number of carbonyl (C=O) groups excluding carboxylic acids is 1. The van der Waals surface area contributed by atoms with E-state index in [9.17, 15) is 4.79 Å². The van der Waals surface area contributed by atoms with Crippen LogP contribution in [0.5, 0.6) is 5.88 Å². The standard InChI is InChI=1S/C12H17N3O2/c13-8-3-5-9(6-4-8)17-12-10(11(14)16)2-1-7-15-12/h1-2,7-9H,3-6,13H2,(H2,14,16). The molecule has 0 atom stereocenters. The Kier molecular flexibility index (Phi) is 3.58. The SMILES string of the molecule is NC(=O)c1cccnc1OC1CCC(N)CC1. The second-order valence-electron chi connectivity index (χ2n) is 4.38. The van der Waals surface area contributed by atoms with Gasteiger partial charge in [-0.3, -0.25) is 4.79 Å². The second-order valence-corrected chi connectivity index (χ2v) is 4.38. The number of nitrogens with zero attached hydrogens (tertiary/aromatic N) is 1. The summed E-state index contributed by atoms with van der Waals surface area (Å²) in [5, 5.41) is 0. The summed E-state index contributed by atoms with van der Waals surface area (Å²) in [5.41, 5.74) is 11.4. The minimum absolute atomic E-state index is 0.0859. The molecule has 1 aliphatic rings. The Bertz CT molecular complexity index is 400. The van der Waals surface area contributed by atoms with Crippen LogP contribution in [-0.4, -0.2) is 23.0 Å². The Hall–Kier alpha value is -1.62. The largest absolute Gasteiger partial charge is 0.474 e. The smallest absolute Gasteiger partial charge is 0.254 e. The molecule has 1 heterocycles. The monoisotopic (exact) mass is 235 g/mol. The number of hydrogen-bond donors (Lipinski definition) is 2. The van der Waals surface area contributed by atoms with E-state index in [0.717, 1.165) is 25.7 Å². The number of ether oxygens (including phenoxy) is 1. The van der Waals surface area contributed by atoms with Crippen LogP contribution < -0.4 is 16.2 Å². The van der Waals surface area contributed by atoms with Gasteiger partial charge >= 0.3 is 0 Å². The molecule has 0 aromatic carbocycles. The lowest BCUT2D eigenvalue weighted by Crippen LogP contribution is -2.32. The summed E-state index contributed by atoms with van der Waals surface area (Å²) in [4.78, 5) is 15.3. The van der Waals surface area contributed by atoms with Crippen molar-refractivity contribution in [1.82, 2.24) is 4.98 Å². The van der Waals surface area contributed by atoms with Gasteiger partial charge in [0.15, 0.2) is 0 Å². The van der Waals surface area contributed by atoms with Crippen LogP contribution in [0.15, 0.2) is 18.3 Å². The van der Waals surface area contributed by atoms with Crippen LogP contribution in [0, 0.1) is 0 Å². The van der Waals surface area contributed by atoms with Crippen LogP contribution in [0.3, 0.4) is 0 Å². The van der Waals surface area contributed by atoms with E-state index in [4.69, 9.17) is 16.2 Å². The first kappa shape index (κ1) is 11.9. The molecular formula is C12H17N3O2. The maximum atomic E-state index is 11.2. The summed E-state index contributed by atoms with van der Waals surface area (Å²) >= 11 is 0. The van der Waals surface area contributed by atoms with Gasteiger partial charge in [-0.05, 0) is 37.8 Å². The van der Waals surface area contributed by atoms with Crippen LogP contribution in [0.1, 0.15) is 36.0 Å². The molecule has 0 aliphatic heterocycles. The molecule has 17 heavy (non-hydrogen) atoms. The highest BCUT2D eigenvalue weighted by Gasteiger charge is 2.22. The summed E-state index contributed by atoms with van der Waals surface area (Å²) < 4.78 is 5.73. The van der Waals surface area contributed by atoms with Gasteiger partial charge < -0.3 is 16.2 Å². The number of pyridine rings is 1. The van der Waals surface area contributed by atoms with Crippen molar-refractivity contribution in [2.75, 3.05) is 0 Å². The van der Waals surface area contributed by atoms with Crippen LogP contribution in [0.2, 0.25) is 0 Å². The Morgan fingerprint density at radius 3 is 2.71 bits per heavy atom. The highest BCUT2D eigenvalue weighted by molar-refractivity contribution is 5.94. The lowest BCUT2D eigenvalue weighted by molar-refractivity contribution is 0.0983. The average molecular weight is 235 g/mol. The zero-order valence-electron chi connectivity index (χ0n) is 9.63. The average Bonchev–Trinajstić information content (AvgIpc) is 2.32. The lowest BCUT2D eigenvalue weighted by atomic mass is 9.94. The number of nitrogens with two attached hydrogens (primary N) is 2. The van der Waals surface area contributed by atoms with E-state index in [2.05, 4.69) is 4.98 Å². The van der Waals surface area contributed by atoms with Crippen LogP contribution >= 0.6 is 0 Å². The van der Waals surface area contributed by atoms with Gasteiger partial charge in [-0.15, -0.1) is 0 Å². The molecule has 1 aromatic heterocycles. The molecule has 0 radical (unpaired) electrons. The quantitative estimate of drug-likeness (QED) is 0.811. The number of amides is 1. The van der Waals surface area contributed by atoms with Crippen molar-refractivity contribution in [3.05, 3.63) is 23.9 Å². The summed E-state index contributed by atoms with van der Waals surface area (Å²) in [6.45, 7) is 0. The predicted octanol–water partition coefficient (Wildman–Crippen LogP) is 0.829. The molecule has 0 bridgehead atoms. The normalized spacial score (nSPS) is 24.3. The van der Waals surface area contributed by atoms with E-state index in [-0.39, 0.29) is 12.1 Å². The molecule has 1 fully saturated rings. The van der Waals surface area contributed by atoms with Crippen LogP contribution in [-0.2, 0) is 0 Å². The molecule has 0 spiro atoms. The minimum atomic E-state index is -0.513. The Morgan fingerprint density at radius 1 is 1.35 bits per heavy atom. The van der Waals surface area contributed by atoms with E-state index >= 15 is 0 Å². The minimum Gasteiger partial charge on any atom is -0.474 e. The molecule has 92 valence electrons. The van der Waals surface area contributed by atoms with Crippen molar-refractivity contribution in [3.63, 3.8) is 0 Å². The molecule has 1 amide bonds. The number of primary amides is 1. The molecule has 5 nitrogen and oxygen atoms in total. The maximum absolute atomic E-state index is 11.2. The Labute approximate surface area is 100 Å². The fraction of sp³-hybridized carbons (Fsp3) is 0.500. The van der Waals surface area contributed by atoms with E-state index < -0.39 is 5.91 Å². The summed E-state index contributed by atoms with van der Waals surface area (Å²) in [5.74, 6) is -0.180. The van der Waals surface area contributed by atoms with Crippen molar-refractivity contribution in [1.29, 1.82) is 0 Å². The first-order valence-corrected chi connectivity index (χ1v) is 5.84. The van der Waals surface area contributed by atoms with Crippen LogP contribution in [0.25, 0.3) is 0 Å². The predicted molar refractivity (Wildman–Crippen MR) is 63.6 cm³/mol. The third kappa shape index (κ3) is 2.94. The fourth-order valence-corrected chi connectivity index (χ4v) is 2.04. The fourth-order valence-electron chi connectivity index (χ4n) is 2.04. The Balaban J connectivity index is 2.05. The van der Waals surface area contributed by atoms with Crippen molar-refractivity contribution < 1.29 is 9.53 Å². The number of aromatic nitrogens is 1. The first-order valence-electron chi connectivity index (χ1n) is 5.84. The molecule has 1 aliphatic carbocycles. The molecule has 5 heteroatoms. The third-order valence-electron chi connectivity index (χ3n) is 3.03. The zero-order chi connectivity index (χ0) is 12.3. The van der Waals surface area contributed by atoms with Gasteiger partial charge in [0, 0.05) is 12.2 Å². The summed E-state index contributed by atoms with van der Waals surface area (Å²) in [7, 11) is 0. The van der Waals surface area contributed by atoms with Gasteiger partial charge in [-0.1, -0.05) is 0 Å². The molecule has 1 aromatic rings. The number of rotatable bonds is 3. The van der Waals surface area contributed by atoms with E-state index in [1.807, 2.05) is 0 Å². The first-order chi connectivity index (χ1) is 8.16. The van der Waals surface area contributed by atoms with E-state index in [1.165, 1.54) is 0 Å². The van der Waals surface area contributed by atoms with Crippen molar-refractivity contribution in [3.8, 4) is 5.88 Å². The van der Waals surface area contributed by atoms with Crippen LogP contribution in [0.4, 0.5) is 0 Å². The summed E-state index contributed by atoms with van der Waals surface area (Å²) in [6.07, 6.45) is 5.37. The van der Waals surface area contributed by atoms with Crippen molar-refractivity contribution >= 4 is 5.91 Å². The van der Waals surface area contributed by atoms with Crippen molar-refractivity contribution in [2.24, 2.45) is 11.5 Å². The van der Waals surface area contributed by atoms with Gasteiger partial charge in [0.1, 0.15) is 11.7 Å². The summed E-state index contributed by atoms with van der Waals surface area (Å²) in [6, 6.07) is 3.57. The molecule has 2 rings (SSSR count). The Morgan fingerprint density at radius 2 is 2.06 bits per heavy atom. The molecule has 0 unspecified atom stereocenters. The van der Waals surface area contributed by atoms with Gasteiger partial charge in [-0.25, -0.2) is 4.98 Å². The zero-order valence-corrected chi connectivity index (χ0v) is 9.63. The van der Waals surface area contributed by atoms with Gasteiger partial charge in [-0.2, -0.15) is 0 Å². The van der Waals surface area contributed by atoms with Gasteiger partial charge in [0.2, 0.25) is 5.88 Å². The highest BCUT2D eigenvalue weighted by atomic mass is 16.5. The molecule has 1 saturated carbocycles. The van der Waals surface area contributed by atoms with Crippen molar-refractivity contribution in [2.45, 2.75) is 37.8 Å². The van der Waals surface area contributed by atoms with Gasteiger partial charge in [0.05, 0.1) is 0 Å². The molecular weight excluding hydrogens is 218 g/mol. The van der Waals surface area contributed by atoms with Gasteiger partial charge in [0.25, 0.3) is 5.91 Å². The second kappa shape index (κ2) is 5.14. The maximum Gasteiger partial charge on any atom is 0.254 e. The number of carbonyl (C=O) groups is 1.